The highest BCUT2D eigenvalue weighted by Crippen LogP contribution is 2.37. The smallest absolute Gasteiger partial charge is 0.276 e. The van der Waals surface area contributed by atoms with Crippen molar-refractivity contribution in [2.24, 2.45) is 0 Å². The van der Waals surface area contributed by atoms with E-state index in [2.05, 4.69) is 0 Å². The monoisotopic (exact) mass is 382 g/mol. The van der Waals surface area contributed by atoms with Gasteiger partial charge in [-0.1, -0.05) is 41.5 Å². The van der Waals surface area contributed by atoms with Crippen molar-refractivity contribution in [2.45, 2.75) is 66.1 Å². The number of carbonyl (C=O) groups excluding carboxylic acids is 2. The summed E-state index contributed by atoms with van der Waals surface area (Å²) in [5.41, 5.74) is 4.21. The minimum absolute atomic E-state index is 0.105. The Labute approximate surface area is 167 Å². The fraction of sp³-hybridized carbons (Fsp3) is 0.417. The minimum Gasteiger partial charge on any atom is -0.453 e. The highest BCUT2D eigenvalue weighted by atomic mass is 16.6. The number of rotatable bonds is 8. The predicted octanol–water partition coefficient (Wildman–Crippen LogP) is 5.25. The molecule has 0 saturated heterocycles. The van der Waals surface area contributed by atoms with Crippen LogP contribution in [-0.4, -0.2) is 22.5 Å². The zero-order valence-corrected chi connectivity index (χ0v) is 17.5. The van der Waals surface area contributed by atoms with Crippen molar-refractivity contribution in [3.8, 4) is 5.75 Å². The zero-order chi connectivity index (χ0) is 20.9. The molecular weight excluding hydrogens is 352 g/mol. The Balaban J connectivity index is 1.92. The summed E-state index contributed by atoms with van der Waals surface area (Å²) >= 11 is 0. The van der Waals surface area contributed by atoms with Gasteiger partial charge in [-0.25, -0.2) is 0 Å². The van der Waals surface area contributed by atoms with E-state index in [9.17, 15) is 14.7 Å². The Hall–Kier alpha value is -2.46. The van der Waals surface area contributed by atoms with Crippen LogP contribution in [0.5, 0.6) is 5.75 Å². The van der Waals surface area contributed by atoms with Gasteiger partial charge >= 0.3 is 0 Å². The van der Waals surface area contributed by atoms with E-state index in [0.29, 0.717) is 17.7 Å². The molecule has 1 N–H and O–H groups in total. The first kappa shape index (κ1) is 21.8. The number of hydrogen-bond donors (Lipinski definition) is 1. The standard InChI is InChI=1S/C24H30O4/c1-16(2)12-13-20(25)18(4)9-6-8-17(3)14-15-24(27)23(26)22-19(5)10-7-11-21(22)28-24/h7,9-12,14,27H,6,8,13,15H2,1-5H3/t24-/m1/s1. The van der Waals surface area contributed by atoms with Crippen molar-refractivity contribution in [3.05, 3.63) is 64.3 Å². The molecule has 1 aliphatic rings. The van der Waals surface area contributed by atoms with Crippen LogP contribution in [0.3, 0.4) is 0 Å². The fourth-order valence-corrected chi connectivity index (χ4v) is 3.08. The second-order valence-electron chi connectivity index (χ2n) is 7.75. The maximum absolute atomic E-state index is 12.6. The average Bonchev–Trinajstić information content (AvgIpc) is 2.90. The van der Waals surface area contributed by atoms with Crippen LogP contribution in [0.1, 0.15) is 69.3 Å². The predicted molar refractivity (Wildman–Crippen MR) is 112 cm³/mol. The molecule has 1 aromatic rings. The number of ketones is 2. The molecule has 1 aliphatic heterocycles. The molecule has 0 spiro atoms. The summed E-state index contributed by atoms with van der Waals surface area (Å²) in [6, 6.07) is 5.34. The molecule has 1 aromatic carbocycles. The van der Waals surface area contributed by atoms with Gasteiger partial charge in [0, 0.05) is 12.8 Å². The molecule has 0 unspecified atom stereocenters. The molecule has 28 heavy (non-hydrogen) atoms. The molecule has 4 nitrogen and oxygen atoms in total. The zero-order valence-electron chi connectivity index (χ0n) is 17.5. The van der Waals surface area contributed by atoms with Crippen LogP contribution in [-0.2, 0) is 4.79 Å². The van der Waals surface area contributed by atoms with Crippen molar-refractivity contribution in [1.29, 1.82) is 0 Å². The fourth-order valence-electron chi connectivity index (χ4n) is 3.08. The lowest BCUT2D eigenvalue weighted by atomic mass is 9.98. The minimum atomic E-state index is -1.83. The highest BCUT2D eigenvalue weighted by molar-refractivity contribution is 6.07. The summed E-state index contributed by atoms with van der Waals surface area (Å²) in [5.74, 6) is -1.64. The molecule has 2 rings (SSSR count). The number of carbonyl (C=O) groups is 2. The van der Waals surface area contributed by atoms with E-state index in [4.69, 9.17) is 4.74 Å². The van der Waals surface area contributed by atoms with Gasteiger partial charge in [-0.3, -0.25) is 9.59 Å². The SMILES string of the molecule is CC(C)=CCC(=O)C(C)=CCCC(C)=CC[C@@]1(O)Oc2cccc(C)c2C1=O. The number of hydrogen-bond acceptors (Lipinski definition) is 4. The van der Waals surface area contributed by atoms with Gasteiger partial charge in [0.2, 0.25) is 5.78 Å². The molecule has 0 saturated carbocycles. The molecule has 0 aromatic heterocycles. The number of fused-ring (bicyclic) bond motifs is 1. The van der Waals surface area contributed by atoms with E-state index >= 15 is 0 Å². The quantitative estimate of drug-likeness (QED) is 0.493. The molecule has 0 radical (unpaired) electrons. The Morgan fingerprint density at radius 3 is 2.50 bits per heavy atom. The van der Waals surface area contributed by atoms with E-state index in [1.54, 1.807) is 6.07 Å². The lowest BCUT2D eigenvalue weighted by molar-refractivity contribution is -0.114. The lowest BCUT2D eigenvalue weighted by Gasteiger charge is -2.19. The van der Waals surface area contributed by atoms with Crippen LogP contribution < -0.4 is 4.74 Å². The second-order valence-corrected chi connectivity index (χ2v) is 7.75. The molecule has 1 heterocycles. The Morgan fingerprint density at radius 1 is 1.14 bits per heavy atom. The van der Waals surface area contributed by atoms with E-state index in [0.717, 1.165) is 35.1 Å². The summed E-state index contributed by atoms with van der Waals surface area (Å²) in [4.78, 5) is 24.6. The van der Waals surface area contributed by atoms with Gasteiger partial charge in [0.25, 0.3) is 5.79 Å². The molecular formula is C24H30O4. The first-order valence-corrected chi connectivity index (χ1v) is 9.69. The van der Waals surface area contributed by atoms with Crippen LogP contribution in [0, 0.1) is 6.92 Å². The third-order valence-corrected chi connectivity index (χ3v) is 4.95. The summed E-state index contributed by atoms with van der Waals surface area (Å²) in [6.07, 6.45) is 7.76. The first-order chi connectivity index (χ1) is 13.1. The van der Waals surface area contributed by atoms with Gasteiger partial charge in [0.1, 0.15) is 5.75 Å². The Morgan fingerprint density at radius 2 is 1.86 bits per heavy atom. The highest BCUT2D eigenvalue weighted by Gasteiger charge is 2.46. The largest absolute Gasteiger partial charge is 0.453 e. The van der Waals surface area contributed by atoms with Gasteiger partial charge < -0.3 is 9.84 Å². The van der Waals surface area contributed by atoms with Gasteiger partial charge in [-0.05, 0) is 64.7 Å². The second kappa shape index (κ2) is 9.16. The van der Waals surface area contributed by atoms with Crippen molar-refractivity contribution >= 4 is 11.6 Å². The van der Waals surface area contributed by atoms with Gasteiger partial charge in [-0.15, -0.1) is 0 Å². The maximum Gasteiger partial charge on any atom is 0.276 e. The van der Waals surface area contributed by atoms with Crippen molar-refractivity contribution in [1.82, 2.24) is 0 Å². The number of allylic oxidation sites excluding steroid dienone is 5. The third kappa shape index (κ3) is 5.29. The maximum atomic E-state index is 12.6. The van der Waals surface area contributed by atoms with Crippen LogP contribution in [0.2, 0.25) is 0 Å². The number of benzene rings is 1. The third-order valence-electron chi connectivity index (χ3n) is 4.95. The summed E-state index contributed by atoms with van der Waals surface area (Å²) < 4.78 is 5.56. The molecule has 0 aliphatic carbocycles. The van der Waals surface area contributed by atoms with Crippen LogP contribution in [0.4, 0.5) is 0 Å². The Bertz CT molecular complexity index is 853. The molecule has 0 bridgehead atoms. The normalized spacial score (nSPS) is 19.3. The van der Waals surface area contributed by atoms with Crippen molar-refractivity contribution in [2.75, 3.05) is 0 Å². The topological polar surface area (TPSA) is 63.6 Å². The molecule has 1 atom stereocenters. The van der Waals surface area contributed by atoms with E-state index in [-0.39, 0.29) is 18.0 Å². The van der Waals surface area contributed by atoms with Crippen molar-refractivity contribution < 1.29 is 19.4 Å². The van der Waals surface area contributed by atoms with E-state index < -0.39 is 5.79 Å². The molecule has 4 heteroatoms. The van der Waals surface area contributed by atoms with Crippen LogP contribution in [0.25, 0.3) is 0 Å². The average molecular weight is 383 g/mol. The van der Waals surface area contributed by atoms with Crippen LogP contribution >= 0.6 is 0 Å². The van der Waals surface area contributed by atoms with Gasteiger partial charge in [-0.2, -0.15) is 0 Å². The lowest BCUT2D eigenvalue weighted by Crippen LogP contribution is -2.39. The van der Waals surface area contributed by atoms with Crippen molar-refractivity contribution in [3.63, 3.8) is 0 Å². The first-order valence-electron chi connectivity index (χ1n) is 9.69. The van der Waals surface area contributed by atoms with E-state index in [1.165, 1.54) is 0 Å². The summed E-state index contributed by atoms with van der Waals surface area (Å²) in [7, 11) is 0. The van der Waals surface area contributed by atoms with Gasteiger partial charge in [0.15, 0.2) is 5.78 Å². The number of aliphatic hydroxyl groups is 1. The summed E-state index contributed by atoms with van der Waals surface area (Å²) in [6.45, 7) is 9.59. The van der Waals surface area contributed by atoms with Gasteiger partial charge in [0.05, 0.1) is 5.56 Å². The molecule has 150 valence electrons. The molecule has 0 amide bonds. The Kier molecular flexibility index (Phi) is 7.14. The summed E-state index contributed by atoms with van der Waals surface area (Å²) in [5, 5.41) is 10.7. The number of Topliss-reactive ketones (excluding diaryl/α,β-unsaturated/α-hetero) is 2. The van der Waals surface area contributed by atoms with Crippen LogP contribution in [0.15, 0.2) is 53.1 Å². The number of aryl methyl sites for hydroxylation is 1. The van der Waals surface area contributed by atoms with E-state index in [1.807, 2.05) is 65.0 Å². The molecule has 0 fully saturated rings. The number of ether oxygens (including phenoxy) is 1.